The van der Waals surface area contributed by atoms with Gasteiger partial charge in [-0.2, -0.15) is 0 Å². The lowest BCUT2D eigenvalue weighted by Crippen LogP contribution is -2.37. The van der Waals surface area contributed by atoms with Gasteiger partial charge in [-0.3, -0.25) is 14.6 Å². The number of dihydropyridines is 1. The molecule has 0 radical (unpaired) electrons. The molecular weight excluding hydrogens is 429 g/mol. The number of hydrogen-bond donors (Lipinski definition) is 2. The van der Waals surface area contributed by atoms with E-state index in [4.69, 9.17) is 0 Å². The molecule has 34 heavy (non-hydrogen) atoms. The average Bonchev–Trinajstić information content (AvgIpc) is 2.85. The lowest BCUT2D eigenvalue weighted by atomic mass is 9.72. The van der Waals surface area contributed by atoms with E-state index in [2.05, 4.69) is 15.6 Å². The summed E-state index contributed by atoms with van der Waals surface area (Å²) in [6.07, 6.45) is 2.67. The largest absolute Gasteiger partial charge is 0.362 e. The van der Waals surface area contributed by atoms with Gasteiger partial charge in [-0.1, -0.05) is 48.5 Å². The molecule has 5 rings (SSSR count). The second kappa shape index (κ2) is 9.06. The van der Waals surface area contributed by atoms with Crippen molar-refractivity contribution in [1.29, 1.82) is 0 Å². The molecule has 1 aliphatic carbocycles. The molecule has 1 aliphatic heterocycles. The number of benzene rings is 2. The molecule has 0 saturated carbocycles. The van der Waals surface area contributed by atoms with Crippen LogP contribution in [0.15, 0.2) is 102 Å². The summed E-state index contributed by atoms with van der Waals surface area (Å²) in [7, 11) is 0. The van der Waals surface area contributed by atoms with Gasteiger partial charge < -0.3 is 10.6 Å². The predicted octanol–water partition coefficient (Wildman–Crippen LogP) is 5.22. The Morgan fingerprint density at radius 2 is 1.74 bits per heavy atom. The molecule has 0 fully saturated rings. The van der Waals surface area contributed by atoms with Crippen LogP contribution >= 0.6 is 0 Å². The molecule has 3 aromatic rings. The zero-order chi connectivity index (χ0) is 23.7. The highest BCUT2D eigenvalue weighted by molar-refractivity contribution is 6.09. The Hall–Kier alpha value is -4.06. The molecule has 1 amide bonds. The highest BCUT2D eigenvalue weighted by atomic mass is 19.1. The minimum atomic E-state index is -0.631. The van der Waals surface area contributed by atoms with Gasteiger partial charge >= 0.3 is 0 Å². The number of allylic oxidation sites excluding steroid dienone is 3. The minimum Gasteiger partial charge on any atom is -0.362 e. The summed E-state index contributed by atoms with van der Waals surface area (Å²) in [5.41, 5.74) is 4.20. The van der Waals surface area contributed by atoms with Crippen molar-refractivity contribution in [2.45, 2.75) is 31.6 Å². The van der Waals surface area contributed by atoms with Gasteiger partial charge in [0, 0.05) is 35.2 Å². The van der Waals surface area contributed by atoms with Gasteiger partial charge in [0.1, 0.15) is 5.82 Å². The number of aromatic nitrogens is 1. The molecular formula is C28H24FN3O2. The summed E-state index contributed by atoms with van der Waals surface area (Å²) in [6, 6.07) is 21.5. The fourth-order valence-electron chi connectivity index (χ4n) is 4.90. The first-order valence-corrected chi connectivity index (χ1v) is 11.3. The number of carbonyl (C=O) groups excluding carboxylic acids is 2. The van der Waals surface area contributed by atoms with E-state index in [1.54, 1.807) is 24.4 Å². The third-order valence-electron chi connectivity index (χ3n) is 6.45. The number of ketones is 1. The van der Waals surface area contributed by atoms with Crippen molar-refractivity contribution < 1.29 is 14.0 Å². The molecule has 5 nitrogen and oxygen atoms in total. The van der Waals surface area contributed by atoms with E-state index in [0.717, 1.165) is 11.3 Å². The zero-order valence-corrected chi connectivity index (χ0v) is 18.7. The standard InChI is InChI=1S/C28H24FN3O2/c1-17-25(28(34)32-21-12-6-5-11-20(21)29)27(22-13-7-8-14-30-22)26-23(31-17)15-19(16-24(26)33)18-9-3-2-4-10-18/h2-14,19,27,31H,15-16H2,1H3,(H,32,34)/t19-,27+/m0/s1. The van der Waals surface area contributed by atoms with Crippen LogP contribution in [-0.4, -0.2) is 16.7 Å². The topological polar surface area (TPSA) is 71.1 Å². The number of carbonyl (C=O) groups is 2. The van der Waals surface area contributed by atoms with Gasteiger partial charge in [0.15, 0.2) is 5.78 Å². The first kappa shape index (κ1) is 21.8. The lowest BCUT2D eigenvalue weighted by molar-refractivity contribution is -0.116. The van der Waals surface area contributed by atoms with Gasteiger partial charge in [0.25, 0.3) is 5.91 Å². The van der Waals surface area contributed by atoms with Crippen molar-refractivity contribution in [3.05, 3.63) is 119 Å². The SMILES string of the molecule is CC1=C(C(=O)Nc2ccccc2F)[C@@H](c2ccccn2)C2=C(C[C@H](c3ccccc3)CC2=O)N1. The van der Waals surface area contributed by atoms with Crippen LogP contribution in [0, 0.1) is 5.82 Å². The van der Waals surface area contributed by atoms with Crippen molar-refractivity contribution in [1.82, 2.24) is 10.3 Å². The molecule has 0 spiro atoms. The predicted molar refractivity (Wildman–Crippen MR) is 128 cm³/mol. The molecule has 170 valence electrons. The van der Waals surface area contributed by atoms with Crippen molar-refractivity contribution in [2.24, 2.45) is 0 Å². The zero-order valence-electron chi connectivity index (χ0n) is 18.7. The van der Waals surface area contributed by atoms with Gasteiger partial charge in [0.05, 0.1) is 17.3 Å². The van der Waals surface area contributed by atoms with Gasteiger partial charge in [-0.15, -0.1) is 0 Å². The molecule has 2 aromatic carbocycles. The van der Waals surface area contributed by atoms with Crippen molar-refractivity contribution in [2.75, 3.05) is 5.32 Å². The third kappa shape index (κ3) is 4.03. The summed E-state index contributed by atoms with van der Waals surface area (Å²) in [5, 5.41) is 6.02. The number of halogens is 1. The third-order valence-corrected chi connectivity index (χ3v) is 6.45. The van der Waals surface area contributed by atoms with E-state index in [9.17, 15) is 14.0 Å². The Balaban J connectivity index is 1.56. The fraction of sp³-hybridized carbons (Fsp3) is 0.179. The van der Waals surface area contributed by atoms with Crippen LogP contribution in [0.4, 0.5) is 10.1 Å². The quantitative estimate of drug-likeness (QED) is 0.568. The van der Waals surface area contributed by atoms with E-state index in [-0.39, 0.29) is 17.4 Å². The van der Waals surface area contributed by atoms with Crippen LogP contribution in [0.5, 0.6) is 0 Å². The van der Waals surface area contributed by atoms with Crippen LogP contribution in [0.25, 0.3) is 0 Å². The molecule has 2 heterocycles. The molecule has 2 atom stereocenters. The van der Waals surface area contributed by atoms with Crippen LogP contribution in [0.2, 0.25) is 0 Å². The maximum absolute atomic E-state index is 14.2. The summed E-state index contributed by atoms with van der Waals surface area (Å²) in [5.74, 6) is -1.57. The number of nitrogens with zero attached hydrogens (tertiary/aromatic N) is 1. The molecule has 6 heteroatoms. The van der Waals surface area contributed by atoms with Crippen molar-refractivity contribution in [3.63, 3.8) is 0 Å². The number of anilines is 1. The summed E-state index contributed by atoms with van der Waals surface area (Å²) in [6.45, 7) is 1.81. The monoisotopic (exact) mass is 453 g/mol. The smallest absolute Gasteiger partial charge is 0.254 e. The summed E-state index contributed by atoms with van der Waals surface area (Å²) < 4.78 is 14.2. The number of nitrogens with one attached hydrogen (secondary N) is 2. The Kier molecular flexibility index (Phi) is 5.80. The lowest BCUT2D eigenvalue weighted by Gasteiger charge is -2.36. The highest BCUT2D eigenvalue weighted by Gasteiger charge is 2.41. The highest BCUT2D eigenvalue weighted by Crippen LogP contribution is 2.45. The maximum Gasteiger partial charge on any atom is 0.254 e. The van der Waals surface area contributed by atoms with E-state index in [1.165, 1.54) is 12.1 Å². The van der Waals surface area contributed by atoms with Crippen LogP contribution in [-0.2, 0) is 9.59 Å². The van der Waals surface area contributed by atoms with Crippen molar-refractivity contribution in [3.8, 4) is 0 Å². The minimum absolute atomic E-state index is 0.0121. The Labute approximate surface area is 197 Å². The molecule has 0 unspecified atom stereocenters. The molecule has 1 aromatic heterocycles. The number of rotatable bonds is 4. The first-order valence-electron chi connectivity index (χ1n) is 11.3. The number of amides is 1. The Morgan fingerprint density at radius 3 is 2.47 bits per heavy atom. The van der Waals surface area contributed by atoms with Crippen molar-refractivity contribution >= 4 is 17.4 Å². The number of Topliss-reactive ketones (excluding diaryl/α,β-unsaturated/α-hetero) is 1. The van der Waals surface area contributed by atoms with Gasteiger partial charge in [0.2, 0.25) is 0 Å². The second-order valence-corrected chi connectivity index (χ2v) is 8.62. The van der Waals surface area contributed by atoms with Gasteiger partial charge in [-0.05, 0) is 49.1 Å². The normalized spacial score (nSPS) is 20.0. The molecule has 0 saturated heterocycles. The summed E-state index contributed by atoms with van der Waals surface area (Å²) >= 11 is 0. The molecule has 0 bridgehead atoms. The molecule has 2 aliphatic rings. The Bertz CT molecular complexity index is 1320. The van der Waals surface area contributed by atoms with Crippen LogP contribution in [0.3, 0.4) is 0 Å². The number of hydrogen-bond acceptors (Lipinski definition) is 4. The number of pyridine rings is 1. The van der Waals surface area contributed by atoms with E-state index >= 15 is 0 Å². The van der Waals surface area contributed by atoms with E-state index < -0.39 is 17.6 Å². The summed E-state index contributed by atoms with van der Waals surface area (Å²) in [4.78, 5) is 31.5. The fourth-order valence-corrected chi connectivity index (χ4v) is 4.90. The van der Waals surface area contributed by atoms with E-state index in [0.29, 0.717) is 35.4 Å². The van der Waals surface area contributed by atoms with Gasteiger partial charge in [-0.25, -0.2) is 4.39 Å². The van der Waals surface area contributed by atoms with E-state index in [1.807, 2.05) is 49.4 Å². The second-order valence-electron chi connectivity index (χ2n) is 8.62. The first-order chi connectivity index (χ1) is 16.5. The molecule has 2 N–H and O–H groups in total. The average molecular weight is 454 g/mol. The number of para-hydroxylation sites is 1. The van der Waals surface area contributed by atoms with Crippen LogP contribution < -0.4 is 10.6 Å². The maximum atomic E-state index is 14.2. The Morgan fingerprint density at radius 1 is 1.00 bits per heavy atom. The van der Waals surface area contributed by atoms with Crippen LogP contribution in [0.1, 0.15) is 42.9 Å².